The van der Waals surface area contributed by atoms with Crippen molar-refractivity contribution in [2.24, 2.45) is 0 Å². The molecular weight excluding hydrogens is 371 g/mol. The fraction of sp³-hybridized carbons (Fsp3) is 0.222. The van der Waals surface area contributed by atoms with Crippen molar-refractivity contribution in [3.63, 3.8) is 0 Å². The quantitative estimate of drug-likeness (QED) is 0.510. The van der Waals surface area contributed by atoms with Crippen LogP contribution in [0.25, 0.3) is 16.7 Å². The average Bonchev–Trinajstić information content (AvgIpc) is 3.12. The van der Waals surface area contributed by atoms with Crippen LogP contribution in [0.15, 0.2) is 42.9 Å². The highest BCUT2D eigenvalue weighted by atomic mass is 19.4. The van der Waals surface area contributed by atoms with Gasteiger partial charge in [0.15, 0.2) is 0 Å². The van der Waals surface area contributed by atoms with Crippen molar-refractivity contribution in [2.75, 3.05) is 23.7 Å². The van der Waals surface area contributed by atoms with E-state index in [1.807, 2.05) is 13.0 Å². The van der Waals surface area contributed by atoms with Gasteiger partial charge in [-0.1, -0.05) is 6.07 Å². The number of aromatic nitrogens is 5. The highest BCUT2D eigenvalue weighted by molar-refractivity contribution is 5.91. The summed E-state index contributed by atoms with van der Waals surface area (Å²) in [5.74, 6) is 1.27. The summed E-state index contributed by atoms with van der Waals surface area (Å²) < 4.78 is 40.2. The summed E-state index contributed by atoms with van der Waals surface area (Å²) in [7, 11) is 0. The highest BCUT2D eigenvalue weighted by Gasteiger charge is 2.30. The van der Waals surface area contributed by atoms with Crippen molar-refractivity contribution >= 4 is 28.2 Å². The van der Waals surface area contributed by atoms with E-state index in [-0.39, 0.29) is 0 Å². The minimum atomic E-state index is -4.39. The number of rotatable bonds is 5. The number of alkyl halides is 3. The molecule has 0 aliphatic rings. The molecule has 0 spiro atoms. The summed E-state index contributed by atoms with van der Waals surface area (Å²) in [5.41, 5.74) is 1.12. The molecule has 3 heterocycles. The topological polar surface area (TPSA) is 80.0 Å². The molecule has 0 aliphatic heterocycles. The first kappa shape index (κ1) is 18.0. The van der Waals surface area contributed by atoms with E-state index in [1.165, 1.54) is 18.6 Å². The molecular formula is C18H16F3N7. The van der Waals surface area contributed by atoms with Crippen molar-refractivity contribution in [3.8, 4) is 0 Å². The minimum absolute atomic E-state index is 0.293. The van der Waals surface area contributed by atoms with E-state index in [0.29, 0.717) is 29.8 Å². The summed E-state index contributed by atoms with van der Waals surface area (Å²) in [4.78, 5) is 12.4. The maximum Gasteiger partial charge on any atom is 0.416 e. The molecule has 0 unspecified atom stereocenters. The Hall–Kier alpha value is -3.43. The van der Waals surface area contributed by atoms with Crippen LogP contribution in [0.2, 0.25) is 0 Å². The molecule has 1 aromatic carbocycles. The van der Waals surface area contributed by atoms with Gasteiger partial charge in [-0.3, -0.25) is 4.98 Å². The summed E-state index contributed by atoms with van der Waals surface area (Å²) in [5, 5.41) is 11.2. The van der Waals surface area contributed by atoms with Gasteiger partial charge in [-0.25, -0.2) is 4.98 Å². The molecule has 0 fully saturated rings. The number of halogens is 3. The third kappa shape index (κ3) is 3.53. The molecule has 28 heavy (non-hydrogen) atoms. The van der Waals surface area contributed by atoms with Crippen LogP contribution in [-0.2, 0) is 6.18 Å². The Morgan fingerprint density at radius 3 is 2.68 bits per heavy atom. The van der Waals surface area contributed by atoms with Gasteiger partial charge in [0, 0.05) is 42.1 Å². The molecule has 7 nitrogen and oxygen atoms in total. The van der Waals surface area contributed by atoms with Gasteiger partial charge in [-0.15, -0.1) is 0 Å². The van der Waals surface area contributed by atoms with E-state index >= 15 is 0 Å². The Morgan fingerprint density at radius 1 is 1.04 bits per heavy atom. The van der Waals surface area contributed by atoms with Crippen LogP contribution in [0.5, 0.6) is 0 Å². The zero-order valence-electron chi connectivity index (χ0n) is 14.8. The number of fused-ring (bicyclic) bond motifs is 2. The summed E-state index contributed by atoms with van der Waals surface area (Å²) in [6.07, 6.45) is -1.47. The van der Waals surface area contributed by atoms with Crippen LogP contribution in [-0.4, -0.2) is 37.7 Å². The normalized spacial score (nSPS) is 11.9. The molecule has 0 saturated carbocycles. The van der Waals surface area contributed by atoms with Crippen molar-refractivity contribution in [1.29, 1.82) is 0 Å². The van der Waals surface area contributed by atoms with Crippen LogP contribution in [0.3, 0.4) is 0 Å². The molecule has 2 N–H and O–H groups in total. The van der Waals surface area contributed by atoms with Crippen molar-refractivity contribution in [2.45, 2.75) is 13.1 Å². The van der Waals surface area contributed by atoms with Crippen LogP contribution >= 0.6 is 0 Å². The van der Waals surface area contributed by atoms with Crippen molar-refractivity contribution in [3.05, 3.63) is 54.1 Å². The molecule has 4 rings (SSSR count). The molecule has 0 saturated heterocycles. The zero-order chi connectivity index (χ0) is 19.7. The lowest BCUT2D eigenvalue weighted by atomic mass is 10.1. The Balaban J connectivity index is 1.46. The van der Waals surface area contributed by atoms with E-state index in [4.69, 9.17) is 0 Å². The smallest absolute Gasteiger partial charge is 0.383 e. The van der Waals surface area contributed by atoms with Crippen LogP contribution < -0.4 is 10.6 Å². The molecule has 0 bridgehead atoms. The average molecular weight is 387 g/mol. The van der Waals surface area contributed by atoms with Crippen molar-refractivity contribution in [1.82, 2.24) is 24.6 Å². The number of benzene rings is 1. The fourth-order valence-corrected chi connectivity index (χ4v) is 2.92. The Labute approximate surface area is 157 Å². The maximum atomic E-state index is 12.9. The standard InChI is InChI=1S/C18H16F3N7/c1-11-8-16(28-17(27-11)25-10-26-28)24-7-6-23-14-4-5-22-15-9-12(18(19,20)21)2-3-13(14)15/h2-5,8-10,24H,6-7H2,1H3,(H,22,23). The maximum absolute atomic E-state index is 12.9. The Bertz CT molecular complexity index is 1140. The first-order valence-electron chi connectivity index (χ1n) is 8.53. The molecule has 0 atom stereocenters. The van der Waals surface area contributed by atoms with Gasteiger partial charge in [0.05, 0.1) is 11.1 Å². The Morgan fingerprint density at radius 2 is 1.86 bits per heavy atom. The number of pyridine rings is 1. The third-order valence-electron chi connectivity index (χ3n) is 4.20. The lowest BCUT2D eigenvalue weighted by Gasteiger charge is -2.13. The second-order valence-corrected chi connectivity index (χ2v) is 6.20. The largest absolute Gasteiger partial charge is 0.416 e. The SMILES string of the molecule is Cc1cc(NCCNc2ccnc3cc(C(F)(F)F)ccc23)n2ncnc2n1. The summed E-state index contributed by atoms with van der Waals surface area (Å²) in [6, 6.07) is 7.16. The lowest BCUT2D eigenvalue weighted by molar-refractivity contribution is -0.137. The van der Waals surface area contributed by atoms with Gasteiger partial charge in [-0.2, -0.15) is 27.8 Å². The van der Waals surface area contributed by atoms with E-state index in [1.54, 1.807) is 10.6 Å². The molecule has 10 heteroatoms. The number of nitrogens with one attached hydrogen (secondary N) is 2. The van der Waals surface area contributed by atoms with Crippen LogP contribution in [0.4, 0.5) is 24.7 Å². The number of nitrogens with zero attached hydrogens (tertiary/aromatic N) is 5. The van der Waals surface area contributed by atoms with Crippen LogP contribution in [0.1, 0.15) is 11.3 Å². The number of aryl methyl sites for hydroxylation is 1. The molecule has 144 valence electrons. The second kappa shape index (κ2) is 6.95. The molecule has 0 aliphatic carbocycles. The molecule has 3 aromatic heterocycles. The van der Waals surface area contributed by atoms with Gasteiger partial charge in [0.1, 0.15) is 12.1 Å². The molecule has 4 aromatic rings. The summed E-state index contributed by atoms with van der Waals surface area (Å²) in [6.45, 7) is 2.97. The lowest BCUT2D eigenvalue weighted by Crippen LogP contribution is -2.16. The second-order valence-electron chi connectivity index (χ2n) is 6.20. The zero-order valence-corrected chi connectivity index (χ0v) is 14.8. The van der Waals surface area contributed by atoms with E-state index < -0.39 is 11.7 Å². The van der Waals surface area contributed by atoms with Crippen molar-refractivity contribution < 1.29 is 13.2 Å². The van der Waals surface area contributed by atoms with Gasteiger partial charge in [0.2, 0.25) is 0 Å². The van der Waals surface area contributed by atoms with Gasteiger partial charge in [-0.05, 0) is 25.1 Å². The predicted octanol–water partition coefficient (Wildman–Crippen LogP) is 3.52. The molecule has 0 amide bonds. The monoisotopic (exact) mass is 387 g/mol. The number of hydrogen-bond donors (Lipinski definition) is 2. The minimum Gasteiger partial charge on any atom is -0.383 e. The van der Waals surface area contributed by atoms with Gasteiger partial charge in [0.25, 0.3) is 5.78 Å². The number of anilines is 2. The first-order chi connectivity index (χ1) is 13.4. The Kier molecular flexibility index (Phi) is 4.46. The van der Waals surface area contributed by atoms with Crippen LogP contribution in [0, 0.1) is 6.92 Å². The summed E-state index contributed by atoms with van der Waals surface area (Å²) >= 11 is 0. The van der Waals surface area contributed by atoms with E-state index in [2.05, 4.69) is 30.7 Å². The predicted molar refractivity (Wildman–Crippen MR) is 99.2 cm³/mol. The molecule has 0 radical (unpaired) electrons. The van der Waals surface area contributed by atoms with Gasteiger partial charge >= 0.3 is 6.18 Å². The third-order valence-corrected chi connectivity index (χ3v) is 4.20. The first-order valence-corrected chi connectivity index (χ1v) is 8.53. The number of hydrogen-bond acceptors (Lipinski definition) is 6. The van der Waals surface area contributed by atoms with Gasteiger partial charge < -0.3 is 10.6 Å². The van der Waals surface area contributed by atoms with E-state index in [9.17, 15) is 13.2 Å². The highest BCUT2D eigenvalue weighted by Crippen LogP contribution is 2.32. The van der Waals surface area contributed by atoms with E-state index in [0.717, 1.165) is 29.3 Å². The fourth-order valence-electron chi connectivity index (χ4n) is 2.92.